The monoisotopic (exact) mass is 276 g/mol. The molecule has 110 valence electrons. The molecule has 0 aromatic heterocycles. The normalized spacial score (nSPS) is 10.9. The van der Waals surface area contributed by atoms with E-state index in [0.29, 0.717) is 25.9 Å². The van der Waals surface area contributed by atoms with Crippen LogP contribution in [0.5, 0.6) is 0 Å². The number of hydrogen-bond donors (Lipinski definition) is 2. The van der Waals surface area contributed by atoms with Crippen molar-refractivity contribution in [3.63, 3.8) is 0 Å². The number of rotatable bonds is 6. The third-order valence-corrected chi connectivity index (χ3v) is 2.88. The van der Waals surface area contributed by atoms with Gasteiger partial charge in [0, 0.05) is 24.9 Å². The van der Waals surface area contributed by atoms with Crippen molar-refractivity contribution in [2.24, 2.45) is 5.41 Å². The fourth-order valence-corrected chi connectivity index (χ4v) is 1.60. The Morgan fingerprint density at radius 2 is 1.70 bits per heavy atom. The van der Waals surface area contributed by atoms with Gasteiger partial charge in [0.15, 0.2) is 0 Å². The van der Waals surface area contributed by atoms with Crippen LogP contribution in [0.15, 0.2) is 30.3 Å². The average molecular weight is 276 g/mol. The molecule has 0 aliphatic rings. The second-order valence-electron chi connectivity index (χ2n) is 5.87. The van der Waals surface area contributed by atoms with E-state index in [4.69, 9.17) is 0 Å². The number of carbonyl (C=O) groups excluding carboxylic acids is 2. The fourth-order valence-electron chi connectivity index (χ4n) is 1.60. The lowest BCUT2D eigenvalue weighted by atomic mass is 9.96. The molecule has 0 saturated carbocycles. The molecule has 2 amide bonds. The Hall–Kier alpha value is -1.84. The zero-order valence-electron chi connectivity index (χ0n) is 12.5. The molecule has 0 radical (unpaired) electrons. The van der Waals surface area contributed by atoms with Gasteiger partial charge in [0.2, 0.25) is 11.8 Å². The second kappa shape index (κ2) is 7.68. The molecule has 0 spiro atoms. The SMILES string of the molecule is CC(C)(C)C(=O)NCCCC(=O)NCc1ccccc1. The van der Waals surface area contributed by atoms with Gasteiger partial charge in [-0.3, -0.25) is 9.59 Å². The Balaban J connectivity index is 2.13. The van der Waals surface area contributed by atoms with Crippen LogP contribution in [0.25, 0.3) is 0 Å². The van der Waals surface area contributed by atoms with Crippen LogP contribution in [0.4, 0.5) is 0 Å². The summed E-state index contributed by atoms with van der Waals surface area (Å²) >= 11 is 0. The molecule has 2 N–H and O–H groups in total. The first-order valence-electron chi connectivity index (χ1n) is 6.98. The van der Waals surface area contributed by atoms with Crippen molar-refractivity contribution in [3.05, 3.63) is 35.9 Å². The minimum absolute atomic E-state index is 0.0128. The van der Waals surface area contributed by atoms with Gasteiger partial charge in [0.05, 0.1) is 0 Å². The Labute approximate surface area is 121 Å². The van der Waals surface area contributed by atoms with Crippen molar-refractivity contribution in [1.29, 1.82) is 0 Å². The Kier molecular flexibility index (Phi) is 6.22. The minimum atomic E-state index is -0.379. The lowest BCUT2D eigenvalue weighted by Gasteiger charge is -2.17. The number of carbonyl (C=O) groups is 2. The van der Waals surface area contributed by atoms with Crippen molar-refractivity contribution in [2.45, 2.75) is 40.2 Å². The van der Waals surface area contributed by atoms with Gasteiger partial charge in [-0.1, -0.05) is 51.1 Å². The molecule has 4 nitrogen and oxygen atoms in total. The highest BCUT2D eigenvalue weighted by molar-refractivity contribution is 5.81. The zero-order chi connectivity index (χ0) is 15.0. The van der Waals surface area contributed by atoms with E-state index >= 15 is 0 Å². The van der Waals surface area contributed by atoms with Gasteiger partial charge in [-0.05, 0) is 12.0 Å². The highest BCUT2D eigenvalue weighted by Crippen LogP contribution is 2.12. The summed E-state index contributed by atoms with van der Waals surface area (Å²) in [6, 6.07) is 9.80. The molecular formula is C16H24N2O2. The van der Waals surface area contributed by atoms with Gasteiger partial charge in [-0.2, -0.15) is 0 Å². The van der Waals surface area contributed by atoms with Crippen LogP contribution in [-0.2, 0) is 16.1 Å². The molecule has 0 aliphatic carbocycles. The summed E-state index contributed by atoms with van der Waals surface area (Å²) in [5, 5.41) is 5.70. The van der Waals surface area contributed by atoms with Crippen molar-refractivity contribution in [1.82, 2.24) is 10.6 Å². The Morgan fingerprint density at radius 1 is 1.05 bits per heavy atom. The van der Waals surface area contributed by atoms with Crippen molar-refractivity contribution < 1.29 is 9.59 Å². The first kappa shape index (κ1) is 16.2. The van der Waals surface area contributed by atoms with Gasteiger partial charge in [-0.25, -0.2) is 0 Å². The standard InChI is InChI=1S/C16H24N2O2/c1-16(2,3)15(20)17-11-7-10-14(19)18-12-13-8-5-4-6-9-13/h4-6,8-9H,7,10-12H2,1-3H3,(H,17,20)(H,18,19). The number of hydrogen-bond acceptors (Lipinski definition) is 2. The van der Waals surface area contributed by atoms with Gasteiger partial charge >= 0.3 is 0 Å². The molecule has 0 unspecified atom stereocenters. The summed E-state index contributed by atoms with van der Waals surface area (Å²) in [7, 11) is 0. The highest BCUT2D eigenvalue weighted by atomic mass is 16.2. The van der Waals surface area contributed by atoms with Crippen molar-refractivity contribution in [3.8, 4) is 0 Å². The van der Waals surface area contributed by atoms with Crippen LogP contribution in [0.3, 0.4) is 0 Å². The molecule has 1 aromatic carbocycles. The predicted molar refractivity (Wildman–Crippen MR) is 80.0 cm³/mol. The maximum Gasteiger partial charge on any atom is 0.225 e. The quantitative estimate of drug-likeness (QED) is 0.783. The molecular weight excluding hydrogens is 252 g/mol. The van der Waals surface area contributed by atoms with Gasteiger partial charge < -0.3 is 10.6 Å². The topological polar surface area (TPSA) is 58.2 Å². The van der Waals surface area contributed by atoms with Crippen LogP contribution >= 0.6 is 0 Å². The molecule has 1 rings (SSSR count). The van der Waals surface area contributed by atoms with Crippen LogP contribution < -0.4 is 10.6 Å². The Morgan fingerprint density at radius 3 is 2.30 bits per heavy atom. The largest absolute Gasteiger partial charge is 0.356 e. The van der Waals surface area contributed by atoms with E-state index in [1.807, 2.05) is 51.1 Å². The average Bonchev–Trinajstić information content (AvgIpc) is 2.41. The van der Waals surface area contributed by atoms with E-state index in [-0.39, 0.29) is 17.2 Å². The molecule has 0 saturated heterocycles. The summed E-state index contributed by atoms with van der Waals surface area (Å²) in [5.74, 6) is 0.0288. The summed E-state index contributed by atoms with van der Waals surface area (Å²) in [6.45, 7) is 6.70. The second-order valence-corrected chi connectivity index (χ2v) is 5.87. The Bertz CT molecular complexity index is 436. The van der Waals surface area contributed by atoms with Crippen LogP contribution in [0.1, 0.15) is 39.2 Å². The maximum absolute atomic E-state index is 11.6. The van der Waals surface area contributed by atoms with Gasteiger partial charge in [-0.15, -0.1) is 0 Å². The van der Waals surface area contributed by atoms with E-state index in [2.05, 4.69) is 10.6 Å². The number of amides is 2. The number of benzene rings is 1. The third-order valence-electron chi connectivity index (χ3n) is 2.88. The molecule has 20 heavy (non-hydrogen) atoms. The minimum Gasteiger partial charge on any atom is -0.356 e. The number of nitrogens with one attached hydrogen (secondary N) is 2. The van der Waals surface area contributed by atoms with E-state index in [0.717, 1.165) is 5.56 Å². The van der Waals surface area contributed by atoms with Crippen LogP contribution in [-0.4, -0.2) is 18.4 Å². The zero-order valence-corrected chi connectivity index (χ0v) is 12.5. The molecule has 0 fully saturated rings. The van der Waals surface area contributed by atoms with Crippen LogP contribution in [0.2, 0.25) is 0 Å². The van der Waals surface area contributed by atoms with E-state index in [1.165, 1.54) is 0 Å². The molecule has 0 atom stereocenters. The molecule has 0 heterocycles. The predicted octanol–water partition coefficient (Wildman–Crippen LogP) is 2.25. The van der Waals surface area contributed by atoms with Crippen LogP contribution in [0, 0.1) is 5.41 Å². The van der Waals surface area contributed by atoms with Crippen molar-refractivity contribution >= 4 is 11.8 Å². The third kappa shape index (κ3) is 6.36. The highest BCUT2D eigenvalue weighted by Gasteiger charge is 2.20. The van der Waals surface area contributed by atoms with E-state index in [1.54, 1.807) is 0 Å². The van der Waals surface area contributed by atoms with E-state index in [9.17, 15) is 9.59 Å². The van der Waals surface area contributed by atoms with E-state index < -0.39 is 0 Å². The maximum atomic E-state index is 11.6. The summed E-state index contributed by atoms with van der Waals surface area (Å²) in [6.07, 6.45) is 1.08. The molecule has 0 aliphatic heterocycles. The lowest BCUT2D eigenvalue weighted by Crippen LogP contribution is -2.35. The van der Waals surface area contributed by atoms with Gasteiger partial charge in [0.1, 0.15) is 0 Å². The smallest absolute Gasteiger partial charge is 0.225 e. The first-order valence-corrected chi connectivity index (χ1v) is 6.98. The fraction of sp³-hybridized carbons (Fsp3) is 0.500. The lowest BCUT2D eigenvalue weighted by molar-refractivity contribution is -0.128. The first-order chi connectivity index (χ1) is 9.39. The van der Waals surface area contributed by atoms with Crippen molar-refractivity contribution in [2.75, 3.05) is 6.54 Å². The molecule has 4 heteroatoms. The summed E-state index contributed by atoms with van der Waals surface area (Å²) in [5.41, 5.74) is 0.706. The van der Waals surface area contributed by atoms with Gasteiger partial charge in [0.25, 0.3) is 0 Å². The summed E-state index contributed by atoms with van der Waals surface area (Å²) < 4.78 is 0. The summed E-state index contributed by atoms with van der Waals surface area (Å²) in [4.78, 5) is 23.2. The molecule has 0 bridgehead atoms. The molecule has 1 aromatic rings.